The Labute approximate surface area is 432 Å². The Balaban J connectivity index is 0.851. The third-order valence-corrected chi connectivity index (χ3v) is 14.9. The first-order chi connectivity index (χ1) is 36.4. The molecule has 3 aliphatic rings. The molecule has 3 saturated heterocycles. The van der Waals surface area contributed by atoms with Crippen LogP contribution in [0.4, 0.5) is 28.9 Å². The molecule has 0 spiro atoms. The van der Waals surface area contributed by atoms with E-state index in [-0.39, 0.29) is 53.1 Å². The van der Waals surface area contributed by atoms with Crippen LogP contribution < -0.4 is 32.6 Å². The number of fused-ring (bicyclic) bond motifs is 2. The Kier molecular flexibility index (Phi) is 13.8. The van der Waals surface area contributed by atoms with E-state index in [4.69, 9.17) is 5.73 Å². The maximum atomic E-state index is 14.5. The molecular weight excluding hydrogens is 989 g/mol. The SMILES string of the molecule is CCn1c(-c2ccc(-n3cnn(C)c3=O)cc2C#CCCN2CCN(C3CCN(c4cccc5c4n(C)c(=O)n5C4CCC(=O)NC4=O)CC3)CC2)cc2cc(C(F)(F)F)cc(C(=O)Nc3ccc(F)c(C(N)=O)c3)c21. The number of benzene rings is 4. The van der Waals surface area contributed by atoms with E-state index in [2.05, 4.69) is 42.3 Å². The van der Waals surface area contributed by atoms with Crippen LogP contribution in [0.25, 0.3) is 38.9 Å². The topological polar surface area (TPSA) is 200 Å². The fourth-order valence-electron chi connectivity index (χ4n) is 11.0. The molecule has 10 rings (SSSR count). The predicted molar refractivity (Wildman–Crippen MR) is 277 cm³/mol. The number of imidazole rings is 1. The number of nitrogens with two attached hydrogens (primary N) is 1. The number of piperazine rings is 1. The minimum Gasteiger partial charge on any atom is -0.370 e. The van der Waals surface area contributed by atoms with Crippen LogP contribution in [-0.4, -0.2) is 113 Å². The summed E-state index contributed by atoms with van der Waals surface area (Å²) < 4.78 is 65.1. The molecule has 3 aliphatic heterocycles. The maximum Gasteiger partial charge on any atom is 0.416 e. The lowest BCUT2D eigenvalue weighted by molar-refractivity contribution is -0.138. The molecule has 1 unspecified atom stereocenters. The number of primary amides is 1. The van der Waals surface area contributed by atoms with E-state index >= 15 is 0 Å². The van der Waals surface area contributed by atoms with Gasteiger partial charge in [-0.2, -0.15) is 18.3 Å². The van der Waals surface area contributed by atoms with Crippen LogP contribution in [0, 0.1) is 17.7 Å². The molecule has 18 nitrogen and oxygen atoms in total. The largest absolute Gasteiger partial charge is 0.416 e. The Morgan fingerprint density at radius 2 is 1.63 bits per heavy atom. The molecule has 7 aromatic rings. The molecule has 4 amide bonds. The smallest absolute Gasteiger partial charge is 0.370 e. The number of imide groups is 1. The number of aryl methyl sites for hydroxylation is 3. The van der Waals surface area contributed by atoms with Crippen molar-refractivity contribution in [3.8, 4) is 28.8 Å². The average Bonchev–Trinajstić information content (AvgIpc) is 4.10. The minimum absolute atomic E-state index is 0.0526. The van der Waals surface area contributed by atoms with E-state index in [1.54, 1.807) is 47.4 Å². The lowest BCUT2D eigenvalue weighted by Gasteiger charge is -2.43. The van der Waals surface area contributed by atoms with Crippen LogP contribution in [0.2, 0.25) is 0 Å². The molecule has 4 N–H and O–H groups in total. The van der Waals surface area contributed by atoms with Crippen molar-refractivity contribution >= 4 is 56.9 Å². The lowest BCUT2D eigenvalue weighted by atomic mass is 10.0. The Hall–Kier alpha value is -8.29. The molecular formula is C54H54F4N12O6. The molecule has 0 aliphatic carbocycles. The number of piperidine rings is 2. The standard InChI is InChI=1S/C54H54F4N12O6/c1-4-68-45(28-33-26-34(54(56,57)58)29-40(47(33)68)50(73)61-35-11-14-41(55)39(30-35)49(59)72)38-13-12-37(69-31-60-64(3)53(69)76)27-32(38)8-5-6-19-65-22-24-66(25-23-65)36-17-20-67(21-18-36)42-9-7-10-43-48(42)63(2)52(75)70(43)44-15-16-46(71)62-51(44)74/h7,9-14,26-31,36,44H,4,6,15-25H2,1-3H3,(H2,59,72)(H,61,73)(H,62,71,74). The number of carbonyl (C=O) groups is 4. The highest BCUT2D eigenvalue weighted by Gasteiger charge is 2.35. The second-order valence-corrected chi connectivity index (χ2v) is 19.4. The fraction of sp³-hybridized carbons (Fsp3) is 0.352. The lowest BCUT2D eigenvalue weighted by Crippen LogP contribution is -2.53. The predicted octanol–water partition coefficient (Wildman–Crippen LogP) is 5.38. The summed E-state index contributed by atoms with van der Waals surface area (Å²) in [5.74, 6) is 2.86. The molecule has 22 heteroatoms. The van der Waals surface area contributed by atoms with Gasteiger partial charge in [-0.1, -0.05) is 17.9 Å². The second-order valence-electron chi connectivity index (χ2n) is 19.4. The van der Waals surface area contributed by atoms with E-state index in [9.17, 15) is 46.3 Å². The number of nitrogens with zero attached hydrogens (tertiary/aromatic N) is 9. The van der Waals surface area contributed by atoms with Gasteiger partial charge in [0, 0.05) is 108 Å². The number of aromatic nitrogens is 6. The van der Waals surface area contributed by atoms with Gasteiger partial charge in [0.2, 0.25) is 11.8 Å². The van der Waals surface area contributed by atoms with Crippen molar-refractivity contribution in [2.24, 2.45) is 19.8 Å². The van der Waals surface area contributed by atoms with Crippen molar-refractivity contribution in [1.29, 1.82) is 0 Å². The highest BCUT2D eigenvalue weighted by molar-refractivity contribution is 6.13. The molecule has 1 atom stereocenters. The summed E-state index contributed by atoms with van der Waals surface area (Å²) in [4.78, 5) is 84.3. The van der Waals surface area contributed by atoms with Gasteiger partial charge in [-0.05, 0) is 92.9 Å². The molecule has 4 aromatic carbocycles. The Bertz CT molecular complexity index is 3670. The molecule has 6 heterocycles. The van der Waals surface area contributed by atoms with Gasteiger partial charge in [0.15, 0.2) is 0 Å². The number of hydrogen-bond acceptors (Lipinski definition) is 10. The van der Waals surface area contributed by atoms with Gasteiger partial charge in [-0.3, -0.25) is 43.4 Å². The van der Waals surface area contributed by atoms with Crippen LogP contribution in [0.5, 0.6) is 0 Å². The number of para-hydroxylation sites is 1. The van der Waals surface area contributed by atoms with E-state index < -0.39 is 52.6 Å². The molecule has 3 fully saturated rings. The summed E-state index contributed by atoms with van der Waals surface area (Å²) in [5, 5.41) is 9.10. The first kappa shape index (κ1) is 51.2. The molecule has 3 aromatic heterocycles. The van der Waals surface area contributed by atoms with Crippen molar-refractivity contribution in [3.63, 3.8) is 0 Å². The zero-order valence-electron chi connectivity index (χ0n) is 41.9. The highest BCUT2D eigenvalue weighted by Crippen LogP contribution is 2.39. The first-order valence-electron chi connectivity index (χ1n) is 25.0. The summed E-state index contributed by atoms with van der Waals surface area (Å²) in [7, 11) is 3.24. The van der Waals surface area contributed by atoms with E-state index in [0.29, 0.717) is 47.0 Å². The number of alkyl halides is 3. The zero-order valence-corrected chi connectivity index (χ0v) is 41.9. The van der Waals surface area contributed by atoms with Crippen LogP contribution >= 0.6 is 0 Å². The number of rotatable bonds is 11. The van der Waals surface area contributed by atoms with Gasteiger partial charge in [-0.15, -0.1) is 0 Å². The number of halogens is 4. The Morgan fingerprint density at radius 3 is 2.32 bits per heavy atom. The van der Waals surface area contributed by atoms with Crippen LogP contribution in [0.15, 0.2) is 88.7 Å². The Morgan fingerprint density at radius 1 is 0.868 bits per heavy atom. The summed E-state index contributed by atoms with van der Waals surface area (Å²) >= 11 is 0. The number of anilines is 2. The highest BCUT2D eigenvalue weighted by atomic mass is 19.4. The summed E-state index contributed by atoms with van der Waals surface area (Å²) in [6.07, 6.45) is -0.655. The summed E-state index contributed by atoms with van der Waals surface area (Å²) in [5.41, 5.74) is 7.18. The number of carbonyl (C=O) groups excluding carboxylic acids is 4. The quantitative estimate of drug-likeness (QED) is 0.0859. The molecule has 0 radical (unpaired) electrons. The molecule has 394 valence electrons. The number of nitrogens with one attached hydrogen (secondary N) is 2. The van der Waals surface area contributed by atoms with Gasteiger partial charge >= 0.3 is 17.6 Å². The summed E-state index contributed by atoms with van der Waals surface area (Å²) in [6.45, 7) is 7.69. The monoisotopic (exact) mass is 1040 g/mol. The van der Waals surface area contributed by atoms with E-state index in [1.807, 2.05) is 18.2 Å². The third-order valence-electron chi connectivity index (χ3n) is 14.9. The maximum absolute atomic E-state index is 14.5. The number of hydrogen-bond donors (Lipinski definition) is 3. The third kappa shape index (κ3) is 9.67. The van der Waals surface area contributed by atoms with Gasteiger partial charge in [0.25, 0.3) is 11.8 Å². The van der Waals surface area contributed by atoms with Crippen molar-refractivity contribution in [1.82, 2.24) is 43.2 Å². The van der Waals surface area contributed by atoms with Gasteiger partial charge in [0.1, 0.15) is 18.2 Å². The van der Waals surface area contributed by atoms with Crippen molar-refractivity contribution < 1.29 is 36.7 Å². The van der Waals surface area contributed by atoms with Gasteiger partial charge < -0.3 is 20.5 Å². The molecule has 76 heavy (non-hydrogen) atoms. The zero-order chi connectivity index (χ0) is 53.7. The molecule has 0 saturated carbocycles. The van der Waals surface area contributed by atoms with E-state index in [1.165, 1.54) is 33.3 Å². The van der Waals surface area contributed by atoms with Crippen molar-refractivity contribution in [3.05, 3.63) is 128 Å². The first-order valence-corrected chi connectivity index (χ1v) is 25.0. The second kappa shape index (κ2) is 20.4. The minimum atomic E-state index is -4.83. The van der Waals surface area contributed by atoms with Crippen LogP contribution in [-0.2, 0) is 36.4 Å². The van der Waals surface area contributed by atoms with Gasteiger partial charge in [-0.25, -0.2) is 23.2 Å². The van der Waals surface area contributed by atoms with Gasteiger partial charge in [0.05, 0.1) is 50.3 Å². The van der Waals surface area contributed by atoms with Crippen molar-refractivity contribution in [2.45, 2.75) is 63.8 Å². The van der Waals surface area contributed by atoms with E-state index in [0.717, 1.165) is 87.6 Å². The average molecular weight is 1040 g/mol. The van der Waals surface area contributed by atoms with Crippen LogP contribution in [0.1, 0.15) is 76.9 Å². The van der Waals surface area contributed by atoms with Crippen molar-refractivity contribution in [2.75, 3.05) is 56.0 Å². The number of amides is 4. The van der Waals surface area contributed by atoms with Crippen LogP contribution in [0.3, 0.4) is 0 Å². The normalized spacial score (nSPS) is 17.0. The summed E-state index contributed by atoms with van der Waals surface area (Å²) in [6, 6.07) is 17.0. The fourth-order valence-corrected chi connectivity index (χ4v) is 11.0. The molecule has 0 bridgehead atoms.